The summed E-state index contributed by atoms with van der Waals surface area (Å²) < 4.78 is 7.83. The normalized spacial score (nSPS) is 11.7. The third kappa shape index (κ3) is 5.10. The second kappa shape index (κ2) is 8.57. The van der Waals surface area contributed by atoms with E-state index in [0.717, 1.165) is 18.4 Å². The first-order chi connectivity index (χ1) is 12.7. The standard InChI is InChI=1S/C21H31N3O3/c1-5-6-9-27-19-16-10-14(11-18(23)25)7-8-15(16)20(26)24(17(19)12-22)13-21(2,3)4/h7-8,10H,5-6,9,11-13,22H2,1-4H3,(H2,23,25). The molecule has 0 atom stereocenters. The van der Waals surface area contributed by atoms with E-state index in [0.29, 0.717) is 35.4 Å². The number of unbranched alkanes of at least 4 members (excludes halogenated alkanes) is 1. The number of pyridine rings is 1. The number of hydrogen-bond donors (Lipinski definition) is 2. The fraction of sp³-hybridized carbons (Fsp3) is 0.524. The van der Waals surface area contributed by atoms with Crippen LogP contribution in [0.2, 0.25) is 0 Å². The number of carbonyl (C=O) groups excluding carboxylic acids is 1. The van der Waals surface area contributed by atoms with Gasteiger partial charge in [0.1, 0.15) is 5.75 Å². The van der Waals surface area contributed by atoms with E-state index in [4.69, 9.17) is 16.2 Å². The molecule has 1 aromatic heterocycles. The highest BCUT2D eigenvalue weighted by Gasteiger charge is 2.21. The monoisotopic (exact) mass is 373 g/mol. The number of nitrogens with two attached hydrogens (primary N) is 2. The predicted molar refractivity (Wildman–Crippen MR) is 109 cm³/mol. The number of rotatable bonds is 8. The largest absolute Gasteiger partial charge is 0.491 e. The van der Waals surface area contributed by atoms with E-state index in [-0.39, 0.29) is 23.9 Å². The first kappa shape index (κ1) is 21.0. The zero-order chi connectivity index (χ0) is 20.2. The van der Waals surface area contributed by atoms with E-state index in [9.17, 15) is 9.59 Å². The minimum Gasteiger partial charge on any atom is -0.491 e. The minimum atomic E-state index is -0.414. The van der Waals surface area contributed by atoms with E-state index in [1.807, 2.05) is 6.07 Å². The van der Waals surface area contributed by atoms with Crippen molar-refractivity contribution < 1.29 is 9.53 Å². The first-order valence-corrected chi connectivity index (χ1v) is 9.47. The fourth-order valence-corrected chi connectivity index (χ4v) is 3.15. The van der Waals surface area contributed by atoms with E-state index >= 15 is 0 Å². The van der Waals surface area contributed by atoms with E-state index < -0.39 is 5.91 Å². The second-order valence-electron chi connectivity index (χ2n) is 8.16. The Morgan fingerprint density at radius 3 is 2.48 bits per heavy atom. The van der Waals surface area contributed by atoms with Crippen molar-refractivity contribution in [1.82, 2.24) is 4.57 Å². The lowest BCUT2D eigenvalue weighted by Crippen LogP contribution is -2.31. The lowest BCUT2D eigenvalue weighted by atomic mass is 9.96. The summed E-state index contributed by atoms with van der Waals surface area (Å²) in [6, 6.07) is 5.35. The van der Waals surface area contributed by atoms with Gasteiger partial charge >= 0.3 is 0 Å². The van der Waals surface area contributed by atoms with Crippen molar-refractivity contribution in [3.8, 4) is 5.75 Å². The molecule has 1 heterocycles. The van der Waals surface area contributed by atoms with Crippen molar-refractivity contribution in [2.45, 2.75) is 60.0 Å². The predicted octanol–water partition coefficient (Wildman–Crippen LogP) is 2.71. The molecule has 6 heteroatoms. The first-order valence-electron chi connectivity index (χ1n) is 9.47. The molecule has 0 saturated carbocycles. The molecule has 1 aromatic carbocycles. The van der Waals surface area contributed by atoms with Crippen LogP contribution in [0.3, 0.4) is 0 Å². The maximum absolute atomic E-state index is 13.2. The molecule has 0 radical (unpaired) electrons. The number of nitrogens with zero attached hydrogens (tertiary/aromatic N) is 1. The van der Waals surface area contributed by atoms with Crippen LogP contribution in [0.1, 0.15) is 51.8 Å². The number of carbonyl (C=O) groups is 1. The van der Waals surface area contributed by atoms with Crippen LogP contribution in [-0.2, 0) is 24.3 Å². The summed E-state index contributed by atoms with van der Waals surface area (Å²) in [6.07, 6.45) is 2.03. The number of fused-ring (bicyclic) bond motifs is 1. The van der Waals surface area contributed by atoms with Gasteiger partial charge in [-0.25, -0.2) is 0 Å². The van der Waals surface area contributed by atoms with Crippen molar-refractivity contribution in [2.24, 2.45) is 16.9 Å². The molecule has 0 fully saturated rings. The number of amides is 1. The number of hydrogen-bond acceptors (Lipinski definition) is 4. The zero-order valence-corrected chi connectivity index (χ0v) is 16.8. The van der Waals surface area contributed by atoms with Gasteiger partial charge in [0.2, 0.25) is 5.91 Å². The molecule has 6 nitrogen and oxygen atoms in total. The van der Waals surface area contributed by atoms with Crippen LogP contribution in [0.25, 0.3) is 10.8 Å². The third-order valence-electron chi connectivity index (χ3n) is 4.34. The molecule has 4 N–H and O–H groups in total. The lowest BCUT2D eigenvalue weighted by Gasteiger charge is -2.25. The van der Waals surface area contributed by atoms with Gasteiger partial charge < -0.3 is 20.8 Å². The van der Waals surface area contributed by atoms with Crippen LogP contribution in [0.15, 0.2) is 23.0 Å². The van der Waals surface area contributed by atoms with E-state index in [1.165, 1.54) is 0 Å². The Morgan fingerprint density at radius 1 is 1.22 bits per heavy atom. The molecule has 0 aliphatic heterocycles. The Bertz CT molecular complexity index is 879. The molecule has 148 valence electrons. The van der Waals surface area contributed by atoms with Crippen molar-refractivity contribution >= 4 is 16.7 Å². The maximum Gasteiger partial charge on any atom is 0.258 e. The van der Waals surface area contributed by atoms with Crippen LogP contribution in [0.5, 0.6) is 5.75 Å². The maximum atomic E-state index is 13.2. The molecular weight excluding hydrogens is 342 g/mol. The average molecular weight is 373 g/mol. The van der Waals surface area contributed by atoms with Gasteiger partial charge in [0, 0.05) is 18.5 Å². The molecule has 1 amide bonds. The molecule has 0 aliphatic rings. The third-order valence-corrected chi connectivity index (χ3v) is 4.34. The summed E-state index contributed by atoms with van der Waals surface area (Å²) >= 11 is 0. The topological polar surface area (TPSA) is 100 Å². The molecule has 0 unspecified atom stereocenters. The van der Waals surface area contributed by atoms with Gasteiger partial charge in [0.05, 0.1) is 24.1 Å². The summed E-state index contributed by atoms with van der Waals surface area (Å²) in [5, 5.41) is 1.26. The zero-order valence-electron chi connectivity index (χ0n) is 16.8. The summed E-state index contributed by atoms with van der Waals surface area (Å²) in [5.74, 6) is 0.221. The van der Waals surface area contributed by atoms with Gasteiger partial charge in [-0.1, -0.05) is 40.2 Å². The molecule has 2 aromatic rings. The van der Waals surface area contributed by atoms with Crippen LogP contribution in [0, 0.1) is 5.41 Å². The fourth-order valence-electron chi connectivity index (χ4n) is 3.15. The molecule has 0 bridgehead atoms. The highest BCUT2D eigenvalue weighted by Crippen LogP contribution is 2.30. The molecule has 0 saturated heterocycles. The number of benzene rings is 1. The van der Waals surface area contributed by atoms with Gasteiger partial charge in [0.25, 0.3) is 5.56 Å². The summed E-state index contributed by atoms with van der Waals surface area (Å²) in [5.41, 5.74) is 12.6. The summed E-state index contributed by atoms with van der Waals surface area (Å²) in [6.45, 7) is 9.62. The van der Waals surface area contributed by atoms with E-state index in [1.54, 1.807) is 16.7 Å². The minimum absolute atomic E-state index is 0.0890. The van der Waals surface area contributed by atoms with Crippen molar-refractivity contribution in [3.63, 3.8) is 0 Å². The van der Waals surface area contributed by atoms with Gasteiger partial charge in [-0.15, -0.1) is 0 Å². The SMILES string of the molecule is CCCCOc1c(CN)n(CC(C)(C)C)c(=O)c2ccc(CC(N)=O)cc12. The highest BCUT2D eigenvalue weighted by atomic mass is 16.5. The Balaban J connectivity index is 2.75. The Labute approximate surface area is 160 Å². The Morgan fingerprint density at radius 2 is 1.93 bits per heavy atom. The molecule has 2 rings (SSSR count). The van der Waals surface area contributed by atoms with Crippen LogP contribution >= 0.6 is 0 Å². The summed E-state index contributed by atoms with van der Waals surface area (Å²) in [4.78, 5) is 24.5. The van der Waals surface area contributed by atoms with Crippen LogP contribution < -0.4 is 21.8 Å². The average Bonchev–Trinajstić information content (AvgIpc) is 2.57. The van der Waals surface area contributed by atoms with E-state index in [2.05, 4.69) is 27.7 Å². The Kier molecular flexibility index (Phi) is 6.65. The van der Waals surface area contributed by atoms with Gasteiger partial charge in [-0.3, -0.25) is 9.59 Å². The van der Waals surface area contributed by atoms with Crippen molar-refractivity contribution in [3.05, 3.63) is 39.8 Å². The van der Waals surface area contributed by atoms with Crippen molar-refractivity contribution in [2.75, 3.05) is 6.61 Å². The van der Waals surface area contributed by atoms with Gasteiger partial charge in [-0.05, 0) is 29.5 Å². The summed E-state index contributed by atoms with van der Waals surface area (Å²) in [7, 11) is 0. The highest BCUT2D eigenvalue weighted by molar-refractivity contribution is 5.90. The van der Waals surface area contributed by atoms with Gasteiger partial charge in [-0.2, -0.15) is 0 Å². The molecule has 0 spiro atoms. The van der Waals surface area contributed by atoms with Crippen molar-refractivity contribution in [1.29, 1.82) is 0 Å². The smallest absolute Gasteiger partial charge is 0.258 e. The van der Waals surface area contributed by atoms with Crippen LogP contribution in [0.4, 0.5) is 0 Å². The lowest BCUT2D eigenvalue weighted by molar-refractivity contribution is -0.117. The molecule has 27 heavy (non-hydrogen) atoms. The Hall–Kier alpha value is -2.34. The number of primary amides is 1. The molecule has 0 aliphatic carbocycles. The quantitative estimate of drug-likeness (QED) is 0.695. The van der Waals surface area contributed by atoms with Gasteiger partial charge in [0.15, 0.2) is 0 Å². The molecular formula is C21H31N3O3. The van der Waals surface area contributed by atoms with Crippen LogP contribution in [-0.4, -0.2) is 17.1 Å². The number of ether oxygens (including phenoxy) is 1. The second-order valence-corrected chi connectivity index (χ2v) is 8.16. The number of aromatic nitrogens is 1.